The van der Waals surface area contributed by atoms with Crippen LogP contribution in [0.5, 0.6) is 5.88 Å². The molecule has 3 rings (SSSR count). The third kappa shape index (κ3) is 2.95. The lowest BCUT2D eigenvalue weighted by Crippen LogP contribution is -2.11. The van der Waals surface area contributed by atoms with Gasteiger partial charge in [0, 0.05) is 18.9 Å². The normalized spacial score (nSPS) is 11.0. The molecule has 0 saturated heterocycles. The summed E-state index contributed by atoms with van der Waals surface area (Å²) in [7, 11) is 3.12. The van der Waals surface area contributed by atoms with Crippen molar-refractivity contribution < 1.29 is 14.3 Å². The van der Waals surface area contributed by atoms with Crippen molar-refractivity contribution in [3.8, 4) is 5.88 Å². The van der Waals surface area contributed by atoms with E-state index in [9.17, 15) is 4.79 Å². The standard InChI is InChI=1S/C15H17N5O3S/c1-7-5-9(20-19-7)16-13(21)12-8(2)11-14(23-4)17-10(6-22-3)18-15(11)24-12/h5H,6H2,1-4H3,(H2,16,19,20,21). The van der Waals surface area contributed by atoms with E-state index in [0.717, 1.165) is 16.6 Å². The van der Waals surface area contributed by atoms with Crippen LogP contribution in [0.25, 0.3) is 10.2 Å². The SMILES string of the molecule is COCc1nc(OC)c2c(C)c(C(=O)Nc3cc(C)[nH]n3)sc2n1. The second-order valence-corrected chi connectivity index (χ2v) is 6.21. The first-order chi connectivity index (χ1) is 11.5. The molecule has 1 amide bonds. The van der Waals surface area contributed by atoms with Crippen molar-refractivity contribution >= 4 is 33.3 Å². The Morgan fingerprint density at radius 3 is 2.75 bits per heavy atom. The number of carbonyl (C=O) groups excluding carboxylic acids is 1. The lowest BCUT2D eigenvalue weighted by molar-refractivity contribution is 0.102. The highest BCUT2D eigenvalue weighted by atomic mass is 32.1. The highest BCUT2D eigenvalue weighted by Gasteiger charge is 2.21. The molecular formula is C15H17N5O3S. The van der Waals surface area contributed by atoms with Crippen molar-refractivity contribution in [1.82, 2.24) is 20.2 Å². The van der Waals surface area contributed by atoms with E-state index >= 15 is 0 Å². The van der Waals surface area contributed by atoms with E-state index in [1.165, 1.54) is 11.3 Å². The Balaban J connectivity index is 2.02. The Labute approximate surface area is 142 Å². The monoisotopic (exact) mass is 347 g/mol. The first kappa shape index (κ1) is 16.3. The van der Waals surface area contributed by atoms with Crippen LogP contribution in [0.1, 0.15) is 26.8 Å². The number of methoxy groups -OCH3 is 2. The summed E-state index contributed by atoms with van der Waals surface area (Å²) < 4.78 is 10.4. The Bertz CT molecular complexity index is 902. The number of H-pyrrole nitrogens is 1. The summed E-state index contributed by atoms with van der Waals surface area (Å²) in [6, 6.07) is 1.76. The summed E-state index contributed by atoms with van der Waals surface area (Å²) in [5, 5.41) is 10.3. The molecule has 3 heterocycles. The first-order valence-corrected chi connectivity index (χ1v) is 8.01. The summed E-state index contributed by atoms with van der Waals surface area (Å²) in [4.78, 5) is 22.6. The van der Waals surface area contributed by atoms with Crippen LogP contribution in [0, 0.1) is 13.8 Å². The summed E-state index contributed by atoms with van der Waals surface area (Å²) in [6.07, 6.45) is 0. The fourth-order valence-electron chi connectivity index (χ4n) is 2.36. The molecule has 0 radical (unpaired) electrons. The van der Waals surface area contributed by atoms with Gasteiger partial charge in [-0.15, -0.1) is 11.3 Å². The number of ether oxygens (including phenoxy) is 2. The van der Waals surface area contributed by atoms with Crippen molar-refractivity contribution in [2.45, 2.75) is 20.5 Å². The van der Waals surface area contributed by atoms with Crippen LogP contribution in [0.3, 0.4) is 0 Å². The van der Waals surface area contributed by atoms with Crippen LogP contribution in [0.15, 0.2) is 6.07 Å². The van der Waals surface area contributed by atoms with Crippen LogP contribution >= 0.6 is 11.3 Å². The number of thiophene rings is 1. The van der Waals surface area contributed by atoms with Gasteiger partial charge in [0.1, 0.15) is 11.4 Å². The maximum absolute atomic E-state index is 12.6. The van der Waals surface area contributed by atoms with Gasteiger partial charge in [0.2, 0.25) is 5.88 Å². The summed E-state index contributed by atoms with van der Waals surface area (Å²) in [5.74, 6) is 1.19. The van der Waals surface area contributed by atoms with Crippen LogP contribution in [0.4, 0.5) is 5.82 Å². The predicted octanol–water partition coefficient (Wildman–Crippen LogP) is 2.44. The molecule has 3 aromatic rings. The third-order valence-electron chi connectivity index (χ3n) is 3.42. The minimum atomic E-state index is -0.239. The van der Waals surface area contributed by atoms with E-state index < -0.39 is 0 Å². The van der Waals surface area contributed by atoms with E-state index in [1.54, 1.807) is 20.3 Å². The van der Waals surface area contributed by atoms with Gasteiger partial charge in [-0.2, -0.15) is 10.1 Å². The summed E-state index contributed by atoms with van der Waals surface area (Å²) in [5.41, 5.74) is 1.65. The Morgan fingerprint density at radius 1 is 1.33 bits per heavy atom. The number of amides is 1. The second-order valence-electron chi connectivity index (χ2n) is 5.21. The van der Waals surface area contributed by atoms with Crippen molar-refractivity contribution in [2.75, 3.05) is 19.5 Å². The number of aromatic nitrogens is 4. The molecule has 8 nitrogen and oxygen atoms in total. The average molecular weight is 347 g/mol. The van der Waals surface area contributed by atoms with Crippen LogP contribution < -0.4 is 10.1 Å². The fraction of sp³-hybridized carbons (Fsp3) is 0.333. The number of hydrogen-bond acceptors (Lipinski definition) is 7. The Morgan fingerprint density at radius 2 is 2.12 bits per heavy atom. The number of hydrogen-bond donors (Lipinski definition) is 2. The maximum Gasteiger partial charge on any atom is 0.267 e. The van der Waals surface area contributed by atoms with E-state index in [1.807, 2.05) is 13.8 Å². The molecule has 2 N–H and O–H groups in total. The van der Waals surface area contributed by atoms with Gasteiger partial charge >= 0.3 is 0 Å². The number of carbonyl (C=O) groups is 1. The van der Waals surface area contributed by atoms with E-state index in [0.29, 0.717) is 27.2 Å². The molecule has 0 bridgehead atoms. The number of aryl methyl sites for hydroxylation is 2. The van der Waals surface area contributed by atoms with Crippen LogP contribution in [-0.4, -0.2) is 40.3 Å². The van der Waals surface area contributed by atoms with E-state index in [2.05, 4.69) is 25.5 Å². The quantitative estimate of drug-likeness (QED) is 0.735. The average Bonchev–Trinajstić information content (AvgIpc) is 3.10. The highest BCUT2D eigenvalue weighted by molar-refractivity contribution is 7.20. The van der Waals surface area contributed by atoms with E-state index in [4.69, 9.17) is 9.47 Å². The van der Waals surface area contributed by atoms with Crippen molar-refractivity contribution in [2.24, 2.45) is 0 Å². The van der Waals surface area contributed by atoms with E-state index in [-0.39, 0.29) is 12.5 Å². The van der Waals surface area contributed by atoms with Crippen molar-refractivity contribution in [1.29, 1.82) is 0 Å². The molecule has 0 unspecified atom stereocenters. The Kier molecular flexibility index (Phi) is 4.45. The van der Waals surface area contributed by atoms with Gasteiger partial charge in [-0.1, -0.05) is 0 Å². The van der Waals surface area contributed by atoms with Crippen molar-refractivity contribution in [3.63, 3.8) is 0 Å². The topological polar surface area (TPSA) is 102 Å². The zero-order valence-corrected chi connectivity index (χ0v) is 14.6. The van der Waals surface area contributed by atoms with Gasteiger partial charge in [0.05, 0.1) is 17.4 Å². The number of aromatic amines is 1. The number of nitrogens with zero attached hydrogens (tertiary/aromatic N) is 3. The minimum absolute atomic E-state index is 0.239. The predicted molar refractivity (Wildman–Crippen MR) is 90.7 cm³/mol. The molecule has 24 heavy (non-hydrogen) atoms. The molecule has 0 fully saturated rings. The van der Waals surface area contributed by atoms with Gasteiger partial charge in [-0.3, -0.25) is 9.89 Å². The molecule has 0 spiro atoms. The third-order valence-corrected chi connectivity index (χ3v) is 4.61. The summed E-state index contributed by atoms with van der Waals surface area (Å²) in [6.45, 7) is 3.99. The maximum atomic E-state index is 12.6. The lowest BCUT2D eigenvalue weighted by atomic mass is 10.2. The first-order valence-electron chi connectivity index (χ1n) is 7.19. The molecule has 0 aliphatic heterocycles. The van der Waals surface area contributed by atoms with Gasteiger partial charge in [-0.25, -0.2) is 4.98 Å². The molecule has 3 aromatic heterocycles. The molecular weight excluding hydrogens is 330 g/mol. The van der Waals surface area contributed by atoms with Crippen molar-refractivity contribution in [3.05, 3.63) is 28.0 Å². The largest absolute Gasteiger partial charge is 0.480 e. The highest BCUT2D eigenvalue weighted by Crippen LogP contribution is 2.35. The lowest BCUT2D eigenvalue weighted by Gasteiger charge is -2.05. The van der Waals surface area contributed by atoms with Gasteiger partial charge < -0.3 is 14.8 Å². The van der Waals surface area contributed by atoms with Gasteiger partial charge in [0.15, 0.2) is 11.6 Å². The molecule has 0 saturated carbocycles. The van der Waals surface area contributed by atoms with Gasteiger partial charge in [-0.05, 0) is 19.4 Å². The molecule has 0 aliphatic carbocycles. The van der Waals surface area contributed by atoms with Gasteiger partial charge in [0.25, 0.3) is 5.91 Å². The van der Waals surface area contributed by atoms with Crippen LogP contribution in [-0.2, 0) is 11.3 Å². The number of fused-ring (bicyclic) bond motifs is 1. The number of nitrogens with one attached hydrogen (secondary N) is 2. The molecule has 0 aromatic carbocycles. The second kappa shape index (κ2) is 6.54. The Hall–Kier alpha value is -2.52. The summed E-state index contributed by atoms with van der Waals surface area (Å²) >= 11 is 1.29. The molecule has 126 valence electrons. The number of anilines is 1. The number of rotatable bonds is 5. The molecule has 9 heteroatoms. The zero-order valence-electron chi connectivity index (χ0n) is 13.8. The smallest absolute Gasteiger partial charge is 0.267 e. The molecule has 0 aliphatic rings. The van der Waals surface area contributed by atoms with Crippen LogP contribution in [0.2, 0.25) is 0 Å². The fourth-order valence-corrected chi connectivity index (χ4v) is 3.44. The molecule has 0 atom stereocenters. The minimum Gasteiger partial charge on any atom is -0.480 e. The zero-order chi connectivity index (χ0) is 17.3.